The van der Waals surface area contributed by atoms with E-state index >= 15 is 0 Å². The maximum Gasteiger partial charge on any atom is 0.239 e. The zero-order valence-electron chi connectivity index (χ0n) is 11.7. The van der Waals surface area contributed by atoms with E-state index in [1.165, 1.54) is 0 Å². The Morgan fingerprint density at radius 3 is 2.50 bits per heavy atom. The fraction of sp³-hybridized carbons (Fsp3) is 0.923. The molecule has 0 saturated carbocycles. The Morgan fingerprint density at radius 2 is 2.00 bits per heavy atom. The molecular weight excluding hydrogens is 232 g/mol. The fourth-order valence-electron chi connectivity index (χ4n) is 2.32. The van der Waals surface area contributed by atoms with Gasteiger partial charge in [-0.05, 0) is 12.3 Å². The Bertz CT molecular complexity index is 275. The fourth-order valence-corrected chi connectivity index (χ4v) is 2.32. The molecule has 0 aromatic heterocycles. The molecule has 0 radical (unpaired) electrons. The van der Waals surface area contributed by atoms with Gasteiger partial charge in [-0.1, -0.05) is 13.8 Å². The van der Waals surface area contributed by atoms with Gasteiger partial charge in [0.15, 0.2) is 0 Å². The number of hydrogen-bond acceptors (Lipinski definition) is 4. The number of hydrogen-bond donors (Lipinski definition) is 2. The standard InChI is InChI=1S/C13H26N2O3/c1-10(2)8-11(14)12(16)15(3)9-13(17)4-6-18-7-5-13/h10-11,17H,4-9,14H2,1-3H3/t11-/m1/s1. The van der Waals surface area contributed by atoms with Crippen molar-refractivity contribution in [3.05, 3.63) is 0 Å². The third-order valence-corrected chi connectivity index (χ3v) is 3.37. The third-order valence-electron chi connectivity index (χ3n) is 3.37. The molecule has 1 saturated heterocycles. The third kappa shape index (κ3) is 4.55. The van der Waals surface area contributed by atoms with Gasteiger partial charge in [0.25, 0.3) is 0 Å². The lowest BCUT2D eigenvalue weighted by atomic mass is 9.93. The highest BCUT2D eigenvalue weighted by Crippen LogP contribution is 2.21. The van der Waals surface area contributed by atoms with Crippen LogP contribution < -0.4 is 5.73 Å². The molecule has 5 heteroatoms. The molecular formula is C13H26N2O3. The van der Waals surface area contributed by atoms with Crippen LogP contribution in [0.1, 0.15) is 33.1 Å². The van der Waals surface area contributed by atoms with E-state index in [2.05, 4.69) is 0 Å². The molecule has 1 amide bonds. The number of aliphatic hydroxyl groups is 1. The van der Waals surface area contributed by atoms with E-state index in [-0.39, 0.29) is 5.91 Å². The molecule has 1 aliphatic heterocycles. The van der Waals surface area contributed by atoms with E-state index < -0.39 is 11.6 Å². The first-order chi connectivity index (χ1) is 8.34. The van der Waals surface area contributed by atoms with E-state index in [9.17, 15) is 9.90 Å². The van der Waals surface area contributed by atoms with E-state index in [0.717, 1.165) is 0 Å². The minimum atomic E-state index is -0.819. The lowest BCUT2D eigenvalue weighted by Gasteiger charge is -2.36. The van der Waals surface area contributed by atoms with Gasteiger partial charge >= 0.3 is 0 Å². The number of nitrogens with zero attached hydrogens (tertiary/aromatic N) is 1. The van der Waals surface area contributed by atoms with Gasteiger partial charge in [-0.2, -0.15) is 0 Å². The summed E-state index contributed by atoms with van der Waals surface area (Å²) in [6.07, 6.45) is 1.82. The Labute approximate surface area is 109 Å². The lowest BCUT2D eigenvalue weighted by molar-refractivity contribution is -0.138. The number of carbonyl (C=O) groups excluding carboxylic acids is 1. The Kier molecular flexibility index (Phi) is 5.56. The van der Waals surface area contributed by atoms with Crippen molar-refractivity contribution in [2.75, 3.05) is 26.8 Å². The summed E-state index contributed by atoms with van der Waals surface area (Å²) in [5.74, 6) is 0.298. The van der Waals surface area contributed by atoms with Crippen molar-refractivity contribution in [3.63, 3.8) is 0 Å². The van der Waals surface area contributed by atoms with E-state index in [0.29, 0.717) is 44.9 Å². The van der Waals surface area contributed by atoms with Crippen molar-refractivity contribution in [3.8, 4) is 0 Å². The Hall–Kier alpha value is -0.650. The molecule has 1 fully saturated rings. The summed E-state index contributed by atoms with van der Waals surface area (Å²) >= 11 is 0. The molecule has 0 aromatic rings. The first kappa shape index (κ1) is 15.4. The maximum atomic E-state index is 12.1. The second-order valence-electron chi connectivity index (χ2n) is 5.77. The quantitative estimate of drug-likeness (QED) is 0.746. The Morgan fingerprint density at radius 1 is 1.44 bits per heavy atom. The number of likely N-dealkylation sites (N-methyl/N-ethyl adjacent to an activating group) is 1. The molecule has 1 aliphatic rings. The lowest BCUT2D eigenvalue weighted by Crippen LogP contribution is -2.51. The smallest absolute Gasteiger partial charge is 0.239 e. The van der Waals surface area contributed by atoms with Crippen molar-refractivity contribution >= 4 is 5.91 Å². The van der Waals surface area contributed by atoms with Crippen molar-refractivity contribution in [2.45, 2.75) is 44.8 Å². The summed E-state index contributed by atoms with van der Waals surface area (Å²) in [5.41, 5.74) is 5.05. The molecule has 3 N–H and O–H groups in total. The Balaban J connectivity index is 2.48. The van der Waals surface area contributed by atoms with Gasteiger partial charge < -0.3 is 20.5 Å². The molecule has 1 atom stereocenters. The molecule has 1 rings (SSSR count). The average molecular weight is 258 g/mol. The van der Waals surface area contributed by atoms with Crippen LogP contribution in [0, 0.1) is 5.92 Å². The van der Waals surface area contributed by atoms with Crippen LogP contribution in [0.3, 0.4) is 0 Å². The number of carbonyl (C=O) groups is 1. The van der Waals surface area contributed by atoms with Crippen LogP contribution >= 0.6 is 0 Å². The molecule has 1 heterocycles. The second-order valence-corrected chi connectivity index (χ2v) is 5.77. The van der Waals surface area contributed by atoms with Crippen LogP contribution in [0.15, 0.2) is 0 Å². The average Bonchev–Trinajstić information content (AvgIpc) is 2.27. The number of nitrogens with two attached hydrogens (primary N) is 1. The highest BCUT2D eigenvalue weighted by Gasteiger charge is 2.33. The van der Waals surface area contributed by atoms with Crippen LogP contribution in [0.2, 0.25) is 0 Å². The SMILES string of the molecule is CC(C)C[C@@H](N)C(=O)N(C)CC1(O)CCOCC1. The second kappa shape index (κ2) is 6.50. The minimum absolute atomic E-state index is 0.0939. The van der Waals surface area contributed by atoms with Crippen LogP contribution in [-0.2, 0) is 9.53 Å². The summed E-state index contributed by atoms with van der Waals surface area (Å²) in [5, 5.41) is 10.3. The molecule has 0 spiro atoms. The predicted molar refractivity (Wildman–Crippen MR) is 70.1 cm³/mol. The molecule has 0 aromatic carbocycles. The van der Waals surface area contributed by atoms with Crippen molar-refractivity contribution < 1.29 is 14.6 Å². The molecule has 0 bridgehead atoms. The summed E-state index contributed by atoms with van der Waals surface area (Å²) in [6, 6.07) is -0.474. The van der Waals surface area contributed by atoms with Gasteiger partial charge in [0.2, 0.25) is 5.91 Å². The monoisotopic (exact) mass is 258 g/mol. The van der Waals surface area contributed by atoms with Gasteiger partial charge in [0.05, 0.1) is 11.6 Å². The molecule has 18 heavy (non-hydrogen) atoms. The zero-order valence-corrected chi connectivity index (χ0v) is 11.7. The van der Waals surface area contributed by atoms with Gasteiger partial charge in [0.1, 0.15) is 0 Å². The van der Waals surface area contributed by atoms with Crippen molar-refractivity contribution in [1.29, 1.82) is 0 Å². The minimum Gasteiger partial charge on any atom is -0.388 e. The molecule has 5 nitrogen and oxygen atoms in total. The summed E-state index contributed by atoms with van der Waals surface area (Å²) in [4.78, 5) is 13.6. The summed E-state index contributed by atoms with van der Waals surface area (Å²) in [6.45, 7) is 5.52. The first-order valence-corrected chi connectivity index (χ1v) is 6.65. The maximum absolute atomic E-state index is 12.1. The van der Waals surface area contributed by atoms with Gasteiger partial charge in [-0.25, -0.2) is 0 Å². The highest BCUT2D eigenvalue weighted by molar-refractivity contribution is 5.81. The molecule has 0 unspecified atom stereocenters. The summed E-state index contributed by atoms with van der Waals surface area (Å²) in [7, 11) is 1.70. The van der Waals surface area contributed by atoms with E-state index in [1.807, 2.05) is 13.8 Å². The molecule has 106 valence electrons. The highest BCUT2D eigenvalue weighted by atomic mass is 16.5. The van der Waals surface area contributed by atoms with Gasteiger partial charge in [0, 0.05) is 39.6 Å². The molecule has 0 aliphatic carbocycles. The number of rotatable bonds is 5. The topological polar surface area (TPSA) is 75.8 Å². The zero-order chi connectivity index (χ0) is 13.8. The van der Waals surface area contributed by atoms with Crippen LogP contribution in [0.25, 0.3) is 0 Å². The normalized spacial score (nSPS) is 20.8. The van der Waals surface area contributed by atoms with E-state index in [4.69, 9.17) is 10.5 Å². The largest absolute Gasteiger partial charge is 0.388 e. The van der Waals surface area contributed by atoms with Crippen molar-refractivity contribution in [2.24, 2.45) is 11.7 Å². The van der Waals surface area contributed by atoms with Crippen LogP contribution in [-0.4, -0.2) is 54.4 Å². The van der Waals surface area contributed by atoms with Crippen LogP contribution in [0.5, 0.6) is 0 Å². The number of amides is 1. The first-order valence-electron chi connectivity index (χ1n) is 6.65. The van der Waals surface area contributed by atoms with Gasteiger partial charge in [-0.15, -0.1) is 0 Å². The number of ether oxygens (including phenoxy) is 1. The van der Waals surface area contributed by atoms with Gasteiger partial charge in [-0.3, -0.25) is 4.79 Å². The summed E-state index contributed by atoms with van der Waals surface area (Å²) < 4.78 is 5.22. The van der Waals surface area contributed by atoms with Crippen molar-refractivity contribution in [1.82, 2.24) is 4.90 Å². The van der Waals surface area contributed by atoms with Crippen LogP contribution in [0.4, 0.5) is 0 Å². The van der Waals surface area contributed by atoms with E-state index in [1.54, 1.807) is 11.9 Å². The predicted octanol–water partition coefficient (Wildman–Crippen LogP) is 0.360.